The predicted molar refractivity (Wildman–Crippen MR) is 55.1 cm³/mol. The van der Waals surface area contributed by atoms with Gasteiger partial charge in [-0.15, -0.1) is 0 Å². The first kappa shape index (κ1) is 12.0. The molecule has 0 bridgehead atoms. The maximum atomic E-state index is 9.17. The van der Waals surface area contributed by atoms with Crippen molar-refractivity contribution in [1.82, 2.24) is 0 Å². The molecule has 3 nitrogen and oxygen atoms in total. The van der Waals surface area contributed by atoms with E-state index < -0.39 is 6.10 Å². The van der Waals surface area contributed by atoms with Crippen LogP contribution in [0, 0.1) is 5.92 Å². The Kier molecular flexibility index (Phi) is 5.45. The summed E-state index contributed by atoms with van der Waals surface area (Å²) in [7, 11) is 0. The van der Waals surface area contributed by atoms with Crippen molar-refractivity contribution >= 4 is 0 Å². The van der Waals surface area contributed by atoms with Gasteiger partial charge in [-0.25, -0.2) is 0 Å². The average Bonchev–Trinajstić information content (AvgIpc) is 2.26. The molecule has 1 saturated carbocycles. The molecule has 0 spiro atoms. The van der Waals surface area contributed by atoms with Gasteiger partial charge in [-0.1, -0.05) is 26.2 Å². The van der Waals surface area contributed by atoms with Gasteiger partial charge in [-0.2, -0.15) is 0 Å². The molecule has 3 unspecified atom stereocenters. The minimum Gasteiger partial charge on any atom is -0.394 e. The Bertz CT molecular complexity index is 149. The lowest BCUT2D eigenvalue weighted by atomic mass is 9.85. The lowest BCUT2D eigenvalue weighted by Gasteiger charge is -2.31. The van der Waals surface area contributed by atoms with Gasteiger partial charge in [0.2, 0.25) is 0 Å². The molecule has 0 aliphatic heterocycles. The van der Waals surface area contributed by atoms with Crippen molar-refractivity contribution in [2.24, 2.45) is 5.92 Å². The van der Waals surface area contributed by atoms with Crippen LogP contribution in [0.3, 0.4) is 0 Å². The van der Waals surface area contributed by atoms with E-state index in [0.29, 0.717) is 12.0 Å². The minimum absolute atomic E-state index is 0.205. The number of aliphatic hydroxyl groups is 2. The highest BCUT2D eigenvalue weighted by Gasteiger charge is 2.24. The fraction of sp³-hybridized carbons (Fsp3) is 1.00. The molecule has 0 aromatic carbocycles. The third-order valence-electron chi connectivity index (χ3n) is 3.08. The first-order chi connectivity index (χ1) is 6.77. The Morgan fingerprint density at radius 2 is 2.07 bits per heavy atom. The Balaban J connectivity index is 2.26. The van der Waals surface area contributed by atoms with E-state index in [1.54, 1.807) is 0 Å². The quantitative estimate of drug-likeness (QED) is 0.707. The zero-order valence-corrected chi connectivity index (χ0v) is 8.98. The zero-order chi connectivity index (χ0) is 10.4. The fourth-order valence-corrected chi connectivity index (χ4v) is 2.15. The molecular weight excluding hydrogens is 180 g/mol. The van der Waals surface area contributed by atoms with E-state index in [9.17, 15) is 5.11 Å². The van der Waals surface area contributed by atoms with E-state index in [2.05, 4.69) is 6.92 Å². The third kappa shape index (κ3) is 3.56. The van der Waals surface area contributed by atoms with Crippen molar-refractivity contribution in [2.75, 3.05) is 13.2 Å². The molecule has 2 N–H and O–H groups in total. The molecule has 1 aliphatic rings. The molecule has 1 aliphatic carbocycles. The topological polar surface area (TPSA) is 49.7 Å². The Labute approximate surface area is 86.1 Å². The summed E-state index contributed by atoms with van der Waals surface area (Å²) in [6.45, 7) is 2.26. The summed E-state index contributed by atoms with van der Waals surface area (Å²) >= 11 is 0. The molecule has 0 heterocycles. The van der Waals surface area contributed by atoms with Crippen molar-refractivity contribution in [3.05, 3.63) is 0 Å². The summed E-state index contributed by atoms with van der Waals surface area (Å²) in [6, 6.07) is 0. The van der Waals surface area contributed by atoms with Crippen LogP contribution < -0.4 is 0 Å². The van der Waals surface area contributed by atoms with Crippen LogP contribution in [0.1, 0.15) is 39.0 Å². The van der Waals surface area contributed by atoms with Crippen molar-refractivity contribution in [3.8, 4) is 0 Å². The van der Waals surface area contributed by atoms with E-state index in [4.69, 9.17) is 9.84 Å². The molecule has 1 fully saturated rings. The van der Waals surface area contributed by atoms with Crippen LogP contribution in [0.4, 0.5) is 0 Å². The number of hydrogen-bond acceptors (Lipinski definition) is 3. The van der Waals surface area contributed by atoms with Crippen molar-refractivity contribution in [3.63, 3.8) is 0 Å². The second-order valence-corrected chi connectivity index (χ2v) is 4.16. The van der Waals surface area contributed by atoms with E-state index >= 15 is 0 Å². The third-order valence-corrected chi connectivity index (χ3v) is 3.08. The number of rotatable bonds is 5. The molecule has 1 rings (SSSR count). The van der Waals surface area contributed by atoms with E-state index in [1.807, 2.05) is 0 Å². The number of hydrogen-bond donors (Lipinski definition) is 2. The number of aliphatic hydroxyl groups excluding tert-OH is 2. The highest BCUT2D eigenvalue weighted by atomic mass is 16.5. The molecular formula is C11H22O3. The van der Waals surface area contributed by atoms with E-state index in [0.717, 1.165) is 12.8 Å². The van der Waals surface area contributed by atoms with Crippen LogP contribution in [0.25, 0.3) is 0 Å². The Hall–Kier alpha value is -0.120. The predicted octanol–water partition coefficient (Wildman–Crippen LogP) is 1.32. The van der Waals surface area contributed by atoms with E-state index in [1.165, 1.54) is 19.3 Å². The second-order valence-electron chi connectivity index (χ2n) is 4.16. The molecule has 0 aromatic heterocycles. The van der Waals surface area contributed by atoms with Gasteiger partial charge in [0.15, 0.2) is 0 Å². The molecule has 0 aromatic rings. The van der Waals surface area contributed by atoms with Crippen LogP contribution in [0.5, 0.6) is 0 Å². The first-order valence-electron chi connectivity index (χ1n) is 5.68. The van der Waals surface area contributed by atoms with Crippen LogP contribution in [0.15, 0.2) is 0 Å². The fourth-order valence-electron chi connectivity index (χ4n) is 2.15. The molecule has 3 heteroatoms. The first-order valence-corrected chi connectivity index (χ1v) is 5.68. The molecule has 0 saturated heterocycles. The molecule has 0 radical (unpaired) electrons. The van der Waals surface area contributed by atoms with Gasteiger partial charge in [-0.3, -0.25) is 0 Å². The summed E-state index contributed by atoms with van der Waals surface area (Å²) in [5.74, 6) is 0.648. The van der Waals surface area contributed by atoms with Crippen LogP contribution in [-0.4, -0.2) is 35.6 Å². The molecule has 3 atom stereocenters. The maximum absolute atomic E-state index is 9.17. The largest absolute Gasteiger partial charge is 0.394 e. The van der Waals surface area contributed by atoms with Gasteiger partial charge in [0, 0.05) is 0 Å². The monoisotopic (exact) mass is 202 g/mol. The lowest BCUT2D eigenvalue weighted by molar-refractivity contribution is -0.0619. The number of ether oxygens (including phenoxy) is 1. The molecule has 0 amide bonds. The normalized spacial score (nSPS) is 30.2. The summed E-state index contributed by atoms with van der Waals surface area (Å²) in [4.78, 5) is 0. The summed E-state index contributed by atoms with van der Waals surface area (Å²) in [5.41, 5.74) is 0. The van der Waals surface area contributed by atoms with Gasteiger partial charge < -0.3 is 14.9 Å². The van der Waals surface area contributed by atoms with Gasteiger partial charge in [0.05, 0.1) is 19.3 Å². The van der Waals surface area contributed by atoms with Gasteiger partial charge >= 0.3 is 0 Å². The smallest absolute Gasteiger partial charge is 0.100 e. The van der Waals surface area contributed by atoms with Gasteiger partial charge in [0.1, 0.15) is 6.10 Å². The average molecular weight is 202 g/mol. The standard InChI is InChI=1S/C11H22O3/c1-2-9-5-3-4-6-11(9)14-8-10(13)7-12/h9-13H,2-8H2,1H3. The second kappa shape index (κ2) is 6.38. The SMILES string of the molecule is CCC1CCCCC1OCC(O)CO. The molecule has 14 heavy (non-hydrogen) atoms. The Morgan fingerprint density at radius 1 is 1.36 bits per heavy atom. The highest BCUT2D eigenvalue weighted by molar-refractivity contribution is 4.75. The maximum Gasteiger partial charge on any atom is 0.100 e. The van der Waals surface area contributed by atoms with Crippen molar-refractivity contribution < 1.29 is 14.9 Å². The lowest BCUT2D eigenvalue weighted by Crippen LogP contribution is -2.31. The highest BCUT2D eigenvalue weighted by Crippen LogP contribution is 2.29. The van der Waals surface area contributed by atoms with E-state index in [-0.39, 0.29) is 13.2 Å². The van der Waals surface area contributed by atoms with Gasteiger partial charge in [-0.05, 0) is 18.8 Å². The zero-order valence-electron chi connectivity index (χ0n) is 8.98. The minimum atomic E-state index is -0.713. The Morgan fingerprint density at radius 3 is 2.71 bits per heavy atom. The van der Waals surface area contributed by atoms with Gasteiger partial charge in [0.25, 0.3) is 0 Å². The van der Waals surface area contributed by atoms with Crippen LogP contribution >= 0.6 is 0 Å². The van der Waals surface area contributed by atoms with Crippen LogP contribution in [0.2, 0.25) is 0 Å². The summed E-state index contributed by atoms with van der Waals surface area (Å²) in [5, 5.41) is 17.8. The molecule has 84 valence electrons. The van der Waals surface area contributed by atoms with Crippen molar-refractivity contribution in [2.45, 2.75) is 51.2 Å². The summed E-state index contributed by atoms with van der Waals surface area (Å²) in [6.07, 6.45) is 5.63. The van der Waals surface area contributed by atoms with Crippen LogP contribution in [-0.2, 0) is 4.74 Å². The van der Waals surface area contributed by atoms with Crippen molar-refractivity contribution in [1.29, 1.82) is 0 Å². The summed E-state index contributed by atoms with van der Waals surface area (Å²) < 4.78 is 5.63.